The summed E-state index contributed by atoms with van der Waals surface area (Å²) in [6.45, 7) is 1.90. The largest absolute Gasteiger partial charge is 0.493 e. The smallest absolute Gasteiger partial charge is 0.248 e. The second-order valence-corrected chi connectivity index (χ2v) is 4.35. The van der Waals surface area contributed by atoms with Crippen LogP contribution in [-0.2, 0) is 0 Å². The van der Waals surface area contributed by atoms with Crippen LogP contribution in [0.1, 0.15) is 15.9 Å². The van der Waals surface area contributed by atoms with Crippen LogP contribution in [0.3, 0.4) is 0 Å². The Balaban J connectivity index is 2.32. The Morgan fingerprint density at radius 3 is 2.45 bits per heavy atom. The normalized spacial score (nSPS) is 10.1. The molecule has 20 heavy (non-hydrogen) atoms. The molecular formula is C15H16N2O3. The van der Waals surface area contributed by atoms with E-state index in [1.54, 1.807) is 30.3 Å². The van der Waals surface area contributed by atoms with Crippen molar-refractivity contribution in [1.82, 2.24) is 0 Å². The second-order valence-electron chi connectivity index (χ2n) is 4.35. The van der Waals surface area contributed by atoms with Crippen LogP contribution in [-0.4, -0.2) is 13.0 Å². The fraction of sp³-hybridized carbons (Fsp3) is 0.133. The van der Waals surface area contributed by atoms with Gasteiger partial charge in [0.25, 0.3) is 0 Å². The van der Waals surface area contributed by atoms with Gasteiger partial charge in [0, 0.05) is 11.3 Å². The number of nitrogens with two attached hydrogens (primary N) is 2. The summed E-state index contributed by atoms with van der Waals surface area (Å²) in [6.07, 6.45) is 0. The summed E-state index contributed by atoms with van der Waals surface area (Å²) in [5, 5.41) is 0. The number of hydrogen-bond donors (Lipinski definition) is 2. The standard InChI is InChI=1S/C15H16N2O3/c1-9-7-11(4-5-12(9)16)20-13-6-3-10(15(17)18)8-14(13)19-2/h3-8H,16H2,1-2H3,(H2,17,18). The highest BCUT2D eigenvalue weighted by molar-refractivity contribution is 5.93. The predicted molar refractivity (Wildman–Crippen MR) is 77.2 cm³/mol. The number of benzene rings is 2. The molecule has 0 aromatic heterocycles. The van der Waals surface area contributed by atoms with E-state index in [1.807, 2.05) is 13.0 Å². The van der Waals surface area contributed by atoms with Crippen LogP contribution in [0.25, 0.3) is 0 Å². The van der Waals surface area contributed by atoms with Crippen LogP contribution in [0, 0.1) is 6.92 Å². The molecule has 0 heterocycles. The van der Waals surface area contributed by atoms with Gasteiger partial charge in [0.15, 0.2) is 11.5 Å². The van der Waals surface area contributed by atoms with Gasteiger partial charge >= 0.3 is 0 Å². The number of primary amides is 1. The van der Waals surface area contributed by atoms with E-state index in [4.69, 9.17) is 20.9 Å². The summed E-state index contributed by atoms with van der Waals surface area (Å²) >= 11 is 0. The number of hydrogen-bond acceptors (Lipinski definition) is 4. The molecule has 0 aliphatic rings. The van der Waals surface area contributed by atoms with Crippen LogP contribution in [0.2, 0.25) is 0 Å². The van der Waals surface area contributed by atoms with Gasteiger partial charge in [-0.25, -0.2) is 0 Å². The number of nitrogen functional groups attached to an aromatic ring is 1. The number of methoxy groups -OCH3 is 1. The number of rotatable bonds is 4. The monoisotopic (exact) mass is 272 g/mol. The van der Waals surface area contributed by atoms with Gasteiger partial charge in [-0.3, -0.25) is 4.79 Å². The number of anilines is 1. The van der Waals surface area contributed by atoms with Crippen molar-refractivity contribution in [2.45, 2.75) is 6.92 Å². The van der Waals surface area contributed by atoms with Gasteiger partial charge in [0.05, 0.1) is 7.11 Å². The minimum Gasteiger partial charge on any atom is -0.493 e. The van der Waals surface area contributed by atoms with E-state index in [9.17, 15) is 4.79 Å². The molecule has 2 aromatic carbocycles. The van der Waals surface area contributed by atoms with E-state index in [0.717, 1.165) is 5.56 Å². The molecule has 4 N–H and O–H groups in total. The van der Waals surface area contributed by atoms with Crippen molar-refractivity contribution in [3.8, 4) is 17.2 Å². The summed E-state index contributed by atoms with van der Waals surface area (Å²) in [6, 6.07) is 10.1. The molecule has 0 atom stereocenters. The molecule has 0 unspecified atom stereocenters. The molecule has 2 aromatic rings. The van der Waals surface area contributed by atoms with Crippen LogP contribution in [0.5, 0.6) is 17.2 Å². The number of carbonyl (C=O) groups is 1. The fourth-order valence-electron chi connectivity index (χ4n) is 1.74. The quantitative estimate of drug-likeness (QED) is 0.837. The van der Waals surface area contributed by atoms with Gasteiger partial charge in [-0.1, -0.05) is 0 Å². The molecule has 0 aliphatic heterocycles. The van der Waals surface area contributed by atoms with Crippen molar-refractivity contribution in [3.63, 3.8) is 0 Å². The molecular weight excluding hydrogens is 256 g/mol. The van der Waals surface area contributed by atoms with Crippen LogP contribution < -0.4 is 20.9 Å². The maximum absolute atomic E-state index is 11.1. The Bertz CT molecular complexity index is 654. The molecule has 104 valence electrons. The zero-order valence-electron chi connectivity index (χ0n) is 11.3. The van der Waals surface area contributed by atoms with Gasteiger partial charge < -0.3 is 20.9 Å². The van der Waals surface area contributed by atoms with E-state index < -0.39 is 5.91 Å². The van der Waals surface area contributed by atoms with Gasteiger partial charge in [-0.05, 0) is 48.9 Å². The van der Waals surface area contributed by atoms with Crippen molar-refractivity contribution in [2.24, 2.45) is 5.73 Å². The Hall–Kier alpha value is -2.69. The lowest BCUT2D eigenvalue weighted by molar-refractivity contribution is 0.1000. The Labute approximate surface area is 117 Å². The third-order valence-electron chi connectivity index (χ3n) is 2.92. The lowest BCUT2D eigenvalue weighted by Crippen LogP contribution is -2.10. The Morgan fingerprint density at radius 2 is 1.85 bits per heavy atom. The number of amides is 1. The third kappa shape index (κ3) is 2.83. The third-order valence-corrected chi connectivity index (χ3v) is 2.92. The van der Waals surface area contributed by atoms with E-state index in [-0.39, 0.29) is 0 Å². The molecule has 0 radical (unpaired) electrons. The zero-order valence-corrected chi connectivity index (χ0v) is 11.3. The lowest BCUT2D eigenvalue weighted by atomic mass is 10.2. The molecule has 5 nitrogen and oxygen atoms in total. The van der Waals surface area contributed by atoms with Gasteiger partial charge in [-0.15, -0.1) is 0 Å². The maximum atomic E-state index is 11.1. The predicted octanol–water partition coefficient (Wildman–Crippen LogP) is 2.48. The van der Waals surface area contributed by atoms with Crippen molar-refractivity contribution >= 4 is 11.6 Å². The topological polar surface area (TPSA) is 87.6 Å². The summed E-state index contributed by atoms with van der Waals surface area (Å²) in [7, 11) is 1.50. The van der Waals surface area contributed by atoms with Gasteiger partial charge in [-0.2, -0.15) is 0 Å². The van der Waals surface area contributed by atoms with Crippen molar-refractivity contribution < 1.29 is 14.3 Å². The minimum absolute atomic E-state index is 0.364. The Kier molecular flexibility index (Phi) is 3.79. The van der Waals surface area contributed by atoms with Crippen LogP contribution in [0.15, 0.2) is 36.4 Å². The van der Waals surface area contributed by atoms with Crippen molar-refractivity contribution in [2.75, 3.05) is 12.8 Å². The molecule has 0 bridgehead atoms. The molecule has 0 spiro atoms. The lowest BCUT2D eigenvalue weighted by Gasteiger charge is -2.12. The van der Waals surface area contributed by atoms with Gasteiger partial charge in [0.2, 0.25) is 5.91 Å². The minimum atomic E-state index is -0.516. The first-order valence-corrected chi connectivity index (χ1v) is 6.03. The number of carbonyl (C=O) groups excluding carboxylic acids is 1. The molecule has 2 rings (SSSR count). The van der Waals surface area contributed by atoms with Crippen LogP contribution in [0.4, 0.5) is 5.69 Å². The SMILES string of the molecule is COc1cc(C(N)=O)ccc1Oc1ccc(N)c(C)c1. The summed E-state index contributed by atoms with van der Waals surface area (Å²) in [5.41, 5.74) is 13.0. The summed E-state index contributed by atoms with van der Waals surface area (Å²) in [4.78, 5) is 11.1. The number of aryl methyl sites for hydroxylation is 1. The molecule has 0 fully saturated rings. The zero-order chi connectivity index (χ0) is 14.7. The highest BCUT2D eigenvalue weighted by Crippen LogP contribution is 2.33. The fourth-order valence-corrected chi connectivity index (χ4v) is 1.74. The summed E-state index contributed by atoms with van der Waals surface area (Å²) in [5.74, 6) is 1.07. The first-order chi connectivity index (χ1) is 9.51. The first kappa shape index (κ1) is 13.7. The van der Waals surface area contributed by atoms with E-state index >= 15 is 0 Å². The average Bonchev–Trinajstić information content (AvgIpc) is 2.43. The van der Waals surface area contributed by atoms with Crippen molar-refractivity contribution in [3.05, 3.63) is 47.5 Å². The van der Waals surface area contributed by atoms with Crippen LogP contribution >= 0.6 is 0 Å². The average molecular weight is 272 g/mol. The number of ether oxygens (including phenoxy) is 2. The van der Waals surface area contributed by atoms with E-state index in [2.05, 4.69) is 0 Å². The second kappa shape index (κ2) is 5.52. The highest BCUT2D eigenvalue weighted by atomic mass is 16.5. The van der Waals surface area contributed by atoms with E-state index in [1.165, 1.54) is 7.11 Å². The molecule has 0 aliphatic carbocycles. The Morgan fingerprint density at radius 1 is 1.10 bits per heavy atom. The van der Waals surface area contributed by atoms with E-state index in [0.29, 0.717) is 28.5 Å². The molecule has 1 amide bonds. The summed E-state index contributed by atoms with van der Waals surface area (Å²) < 4.78 is 10.9. The first-order valence-electron chi connectivity index (χ1n) is 6.03. The van der Waals surface area contributed by atoms with Crippen molar-refractivity contribution in [1.29, 1.82) is 0 Å². The van der Waals surface area contributed by atoms with Gasteiger partial charge in [0.1, 0.15) is 5.75 Å². The highest BCUT2D eigenvalue weighted by Gasteiger charge is 2.10. The molecule has 0 saturated heterocycles. The maximum Gasteiger partial charge on any atom is 0.248 e. The molecule has 5 heteroatoms. The molecule has 0 saturated carbocycles.